The van der Waals surface area contributed by atoms with Gasteiger partial charge in [0.25, 0.3) is 17.5 Å². The Labute approximate surface area is 135 Å². The van der Waals surface area contributed by atoms with E-state index in [1.807, 2.05) is 5.43 Å². The second-order valence-corrected chi connectivity index (χ2v) is 4.57. The third kappa shape index (κ3) is 4.23. The Morgan fingerprint density at radius 3 is 2.42 bits per heavy atom. The molecule has 8 heteroatoms. The topological polar surface area (TPSA) is 101 Å². The smallest absolute Gasteiger partial charge is 0.268 e. The quantitative estimate of drug-likeness (QED) is 0.510. The first-order valence-corrected chi connectivity index (χ1v) is 6.75. The number of nitro groups is 1. The van der Waals surface area contributed by atoms with Crippen molar-refractivity contribution in [2.75, 3.05) is 0 Å². The van der Waals surface area contributed by atoms with Gasteiger partial charge in [-0.2, -0.15) is 0 Å². The van der Waals surface area contributed by atoms with Gasteiger partial charge in [0.15, 0.2) is 0 Å². The summed E-state index contributed by atoms with van der Waals surface area (Å²) < 4.78 is 13.4. The molecule has 0 spiro atoms. The fourth-order valence-corrected chi connectivity index (χ4v) is 1.83. The van der Waals surface area contributed by atoms with Crippen LogP contribution in [-0.4, -0.2) is 16.7 Å². The largest absolute Gasteiger partial charge is 0.276 e. The van der Waals surface area contributed by atoms with Crippen LogP contribution in [0.5, 0.6) is 0 Å². The Kier molecular flexibility index (Phi) is 5.35. The minimum Gasteiger partial charge on any atom is -0.268 e. The SMILES string of the molecule is O=C(/C=C/c1ccccc1[N+](=O)[O-])NNC(=O)c1ccccc1F. The summed E-state index contributed by atoms with van der Waals surface area (Å²) >= 11 is 0. The molecule has 122 valence electrons. The Morgan fingerprint density at radius 1 is 1.04 bits per heavy atom. The minimum absolute atomic E-state index is 0.156. The second kappa shape index (κ2) is 7.63. The van der Waals surface area contributed by atoms with Gasteiger partial charge in [-0.3, -0.25) is 30.6 Å². The number of nitrogens with zero attached hydrogens (tertiary/aromatic N) is 1. The summed E-state index contributed by atoms with van der Waals surface area (Å²) in [7, 11) is 0. The Hall–Kier alpha value is -3.55. The molecule has 0 saturated carbocycles. The second-order valence-electron chi connectivity index (χ2n) is 4.57. The number of nitrogens with one attached hydrogen (secondary N) is 2. The zero-order chi connectivity index (χ0) is 17.5. The molecular weight excluding hydrogens is 317 g/mol. The van der Waals surface area contributed by atoms with Crippen molar-refractivity contribution in [1.29, 1.82) is 0 Å². The predicted molar refractivity (Wildman–Crippen MR) is 84.1 cm³/mol. The maximum Gasteiger partial charge on any atom is 0.276 e. The molecule has 0 saturated heterocycles. The Morgan fingerprint density at radius 2 is 1.71 bits per heavy atom. The van der Waals surface area contributed by atoms with E-state index in [4.69, 9.17) is 0 Å². The van der Waals surface area contributed by atoms with Crippen LogP contribution < -0.4 is 10.9 Å². The first-order chi connectivity index (χ1) is 11.5. The van der Waals surface area contributed by atoms with Crippen LogP contribution in [0.2, 0.25) is 0 Å². The average Bonchev–Trinajstić information content (AvgIpc) is 2.58. The van der Waals surface area contributed by atoms with Crippen LogP contribution >= 0.6 is 0 Å². The first-order valence-electron chi connectivity index (χ1n) is 6.75. The lowest BCUT2D eigenvalue weighted by atomic mass is 10.1. The molecule has 2 amide bonds. The van der Waals surface area contributed by atoms with E-state index < -0.39 is 22.6 Å². The lowest BCUT2D eigenvalue weighted by Crippen LogP contribution is -2.41. The molecule has 7 nitrogen and oxygen atoms in total. The Balaban J connectivity index is 1.98. The van der Waals surface area contributed by atoms with Gasteiger partial charge < -0.3 is 0 Å². The van der Waals surface area contributed by atoms with Crippen molar-refractivity contribution < 1.29 is 18.9 Å². The summed E-state index contributed by atoms with van der Waals surface area (Å²) in [5, 5.41) is 10.8. The maximum absolute atomic E-state index is 13.4. The van der Waals surface area contributed by atoms with Crippen LogP contribution in [0.25, 0.3) is 6.08 Å². The average molecular weight is 329 g/mol. The number of halogens is 1. The minimum atomic E-state index is -0.819. The lowest BCUT2D eigenvalue weighted by Gasteiger charge is -2.05. The number of benzene rings is 2. The molecule has 2 N–H and O–H groups in total. The number of carbonyl (C=O) groups is 2. The van der Waals surface area contributed by atoms with Crippen molar-refractivity contribution in [3.8, 4) is 0 Å². The van der Waals surface area contributed by atoms with Crippen molar-refractivity contribution in [2.45, 2.75) is 0 Å². The van der Waals surface area contributed by atoms with E-state index in [1.165, 1.54) is 42.5 Å². The van der Waals surface area contributed by atoms with Gasteiger partial charge in [-0.15, -0.1) is 0 Å². The Bertz CT molecular complexity index is 820. The van der Waals surface area contributed by atoms with Crippen molar-refractivity contribution in [3.63, 3.8) is 0 Å². The standard InChI is InChI=1S/C16H12FN3O4/c17-13-7-3-2-6-12(13)16(22)19-18-15(21)10-9-11-5-1-4-8-14(11)20(23)24/h1-10H,(H,18,21)(H,19,22)/b10-9+. The molecule has 0 heterocycles. The fourth-order valence-electron chi connectivity index (χ4n) is 1.83. The normalized spacial score (nSPS) is 10.4. The van der Waals surface area contributed by atoms with Gasteiger partial charge in [0, 0.05) is 12.1 Å². The highest BCUT2D eigenvalue weighted by Crippen LogP contribution is 2.18. The molecular formula is C16H12FN3O4. The van der Waals surface area contributed by atoms with E-state index in [-0.39, 0.29) is 16.8 Å². The monoisotopic (exact) mass is 329 g/mol. The zero-order valence-electron chi connectivity index (χ0n) is 12.2. The van der Waals surface area contributed by atoms with Gasteiger partial charge in [-0.05, 0) is 24.3 Å². The van der Waals surface area contributed by atoms with Gasteiger partial charge >= 0.3 is 0 Å². The van der Waals surface area contributed by atoms with Crippen LogP contribution in [0.4, 0.5) is 10.1 Å². The van der Waals surface area contributed by atoms with Gasteiger partial charge in [0.2, 0.25) is 0 Å². The van der Waals surface area contributed by atoms with Crippen LogP contribution in [-0.2, 0) is 4.79 Å². The van der Waals surface area contributed by atoms with Crippen molar-refractivity contribution in [3.05, 3.63) is 81.7 Å². The summed E-state index contributed by atoms with van der Waals surface area (Å²) in [6.45, 7) is 0. The fraction of sp³-hybridized carbons (Fsp3) is 0. The highest BCUT2D eigenvalue weighted by Gasteiger charge is 2.12. The van der Waals surface area contributed by atoms with Crippen LogP contribution in [0, 0.1) is 15.9 Å². The number of hydrogen-bond donors (Lipinski definition) is 2. The third-order valence-electron chi connectivity index (χ3n) is 2.97. The third-order valence-corrected chi connectivity index (χ3v) is 2.97. The summed E-state index contributed by atoms with van der Waals surface area (Å²) in [5.41, 5.74) is 3.97. The number of hydrogen-bond acceptors (Lipinski definition) is 4. The molecule has 0 bridgehead atoms. The van der Waals surface area contributed by atoms with Crippen molar-refractivity contribution in [1.82, 2.24) is 10.9 Å². The number of hydrazine groups is 1. The molecule has 0 aromatic heterocycles. The molecule has 2 aromatic rings. The molecule has 0 unspecified atom stereocenters. The van der Waals surface area contributed by atoms with E-state index in [1.54, 1.807) is 6.07 Å². The number of nitro benzene ring substituents is 1. The van der Waals surface area contributed by atoms with Gasteiger partial charge in [-0.25, -0.2) is 4.39 Å². The summed E-state index contributed by atoms with van der Waals surface area (Å²) in [6.07, 6.45) is 2.26. The molecule has 0 radical (unpaired) electrons. The zero-order valence-corrected chi connectivity index (χ0v) is 12.2. The van der Waals surface area contributed by atoms with Crippen LogP contribution in [0.1, 0.15) is 15.9 Å². The van der Waals surface area contributed by atoms with Crippen LogP contribution in [0.15, 0.2) is 54.6 Å². The lowest BCUT2D eigenvalue weighted by molar-refractivity contribution is -0.385. The number of para-hydroxylation sites is 1. The molecule has 0 aliphatic carbocycles. The summed E-state index contributed by atoms with van der Waals surface area (Å²) in [6, 6.07) is 11.2. The predicted octanol–water partition coefficient (Wildman–Crippen LogP) is 2.21. The van der Waals surface area contributed by atoms with Crippen molar-refractivity contribution >= 4 is 23.6 Å². The molecule has 0 fully saturated rings. The molecule has 0 aliphatic heterocycles. The highest BCUT2D eigenvalue weighted by atomic mass is 19.1. The van der Waals surface area contributed by atoms with Gasteiger partial charge in [-0.1, -0.05) is 24.3 Å². The molecule has 0 aliphatic rings. The molecule has 0 atom stereocenters. The van der Waals surface area contributed by atoms with E-state index in [0.717, 1.165) is 12.1 Å². The first kappa shape index (κ1) is 16.8. The number of amides is 2. The highest BCUT2D eigenvalue weighted by molar-refractivity contribution is 5.98. The summed E-state index contributed by atoms with van der Waals surface area (Å²) in [4.78, 5) is 33.6. The molecule has 2 rings (SSSR count). The van der Waals surface area contributed by atoms with Gasteiger partial charge in [0.1, 0.15) is 5.82 Å². The van der Waals surface area contributed by atoms with Crippen molar-refractivity contribution in [2.24, 2.45) is 0 Å². The molecule has 24 heavy (non-hydrogen) atoms. The van der Waals surface area contributed by atoms with E-state index >= 15 is 0 Å². The number of rotatable bonds is 4. The molecule has 2 aromatic carbocycles. The van der Waals surface area contributed by atoms with E-state index in [2.05, 4.69) is 5.43 Å². The summed E-state index contributed by atoms with van der Waals surface area (Å²) in [5.74, 6) is -2.27. The van der Waals surface area contributed by atoms with E-state index in [9.17, 15) is 24.1 Å². The van der Waals surface area contributed by atoms with Gasteiger partial charge in [0.05, 0.1) is 16.1 Å². The van der Waals surface area contributed by atoms with E-state index in [0.29, 0.717) is 0 Å². The maximum atomic E-state index is 13.4. The number of carbonyl (C=O) groups excluding carboxylic acids is 2. The van der Waals surface area contributed by atoms with Crippen LogP contribution in [0.3, 0.4) is 0 Å².